The summed E-state index contributed by atoms with van der Waals surface area (Å²) in [6, 6.07) is 1.69. The third-order valence-corrected chi connectivity index (χ3v) is 5.21. The van der Waals surface area contributed by atoms with Crippen LogP contribution in [0.15, 0.2) is 22.5 Å². The van der Waals surface area contributed by atoms with Crippen LogP contribution < -0.4 is 10.0 Å². The number of hydrogen-bond acceptors (Lipinski definition) is 5. The van der Waals surface area contributed by atoms with Gasteiger partial charge in [-0.25, -0.2) is 8.42 Å². The molecule has 6 nitrogen and oxygen atoms in total. The minimum atomic E-state index is -3.55. The van der Waals surface area contributed by atoms with Crippen molar-refractivity contribution >= 4 is 27.0 Å². The van der Waals surface area contributed by atoms with Crippen LogP contribution in [-0.4, -0.2) is 25.2 Å². The minimum absolute atomic E-state index is 0.290. The van der Waals surface area contributed by atoms with Crippen LogP contribution in [-0.2, 0) is 30.0 Å². The van der Waals surface area contributed by atoms with Gasteiger partial charge in [-0.15, -0.1) is 11.3 Å². The van der Waals surface area contributed by atoms with Crippen LogP contribution in [0.25, 0.3) is 0 Å². The molecule has 0 unspecified atom stereocenters. The summed E-state index contributed by atoms with van der Waals surface area (Å²) >= 11 is 1.42. The van der Waals surface area contributed by atoms with E-state index in [9.17, 15) is 8.42 Å². The zero-order valence-electron chi connectivity index (χ0n) is 11.7. The van der Waals surface area contributed by atoms with Crippen molar-refractivity contribution in [3.05, 3.63) is 28.2 Å². The first-order chi connectivity index (χ1) is 9.46. The second-order valence-corrected chi connectivity index (χ2v) is 7.08. The molecule has 0 aliphatic rings. The van der Waals surface area contributed by atoms with Crippen LogP contribution in [0.5, 0.6) is 0 Å². The summed E-state index contributed by atoms with van der Waals surface area (Å²) in [4.78, 5) is 1.27. The number of nitrogens with zero attached hydrogens (tertiary/aromatic N) is 2. The van der Waals surface area contributed by atoms with E-state index in [1.807, 2.05) is 14.0 Å². The van der Waals surface area contributed by atoms with Gasteiger partial charge in [-0.2, -0.15) is 5.10 Å². The van der Waals surface area contributed by atoms with Crippen LogP contribution in [0.1, 0.15) is 17.5 Å². The average Bonchev–Trinajstić information content (AvgIpc) is 2.96. The first-order valence-electron chi connectivity index (χ1n) is 6.23. The Hall–Kier alpha value is -1.38. The molecular weight excluding hydrogens is 296 g/mol. The Labute approximate surface area is 122 Å². The van der Waals surface area contributed by atoms with Crippen molar-refractivity contribution in [3.63, 3.8) is 0 Å². The van der Waals surface area contributed by atoms with Gasteiger partial charge < -0.3 is 5.32 Å². The number of sulfonamides is 1. The molecule has 8 heteroatoms. The molecule has 2 rings (SSSR count). The lowest BCUT2D eigenvalue weighted by molar-refractivity contribution is 0.601. The van der Waals surface area contributed by atoms with Crippen molar-refractivity contribution in [2.45, 2.75) is 24.8 Å². The first kappa shape index (κ1) is 15.0. The summed E-state index contributed by atoms with van der Waals surface area (Å²) in [7, 11) is 0.0483. The zero-order chi connectivity index (χ0) is 14.8. The molecular formula is C12H18N4O2S2. The highest BCUT2D eigenvalue weighted by Gasteiger charge is 2.19. The zero-order valence-corrected chi connectivity index (χ0v) is 13.3. The fourth-order valence-electron chi connectivity index (χ4n) is 1.85. The molecule has 2 aromatic rings. The Morgan fingerprint density at radius 1 is 1.45 bits per heavy atom. The maximum absolute atomic E-state index is 12.3. The topological polar surface area (TPSA) is 76.0 Å². The van der Waals surface area contributed by atoms with Crippen molar-refractivity contribution < 1.29 is 8.42 Å². The standard InChI is InChI=1S/C12H18N4O2S2/c1-4-11-12(7-16(3)14-11)15-20(17,18)10-5-9(6-13-2)19-8-10/h5,7-8,13,15H,4,6H2,1-3H3. The van der Waals surface area contributed by atoms with Crippen molar-refractivity contribution in [1.29, 1.82) is 0 Å². The second kappa shape index (κ2) is 5.94. The van der Waals surface area contributed by atoms with Gasteiger partial charge in [0.05, 0.1) is 16.3 Å². The number of nitrogens with one attached hydrogen (secondary N) is 2. The highest BCUT2D eigenvalue weighted by molar-refractivity contribution is 7.92. The number of anilines is 1. The minimum Gasteiger partial charge on any atom is -0.315 e. The molecule has 0 saturated heterocycles. The maximum Gasteiger partial charge on any atom is 0.262 e. The van der Waals surface area contributed by atoms with Gasteiger partial charge in [0.15, 0.2) is 0 Å². The molecule has 0 aliphatic carbocycles. The van der Waals surface area contributed by atoms with E-state index in [0.29, 0.717) is 23.5 Å². The Morgan fingerprint density at radius 3 is 2.85 bits per heavy atom. The molecule has 2 aromatic heterocycles. The summed E-state index contributed by atoms with van der Waals surface area (Å²) in [5, 5.41) is 8.88. The number of hydrogen-bond donors (Lipinski definition) is 2. The van der Waals surface area contributed by atoms with Gasteiger partial charge in [0.2, 0.25) is 0 Å². The Morgan fingerprint density at radius 2 is 2.20 bits per heavy atom. The first-order valence-corrected chi connectivity index (χ1v) is 8.60. The average molecular weight is 314 g/mol. The molecule has 0 amide bonds. The third kappa shape index (κ3) is 3.20. The van der Waals surface area contributed by atoms with Crippen molar-refractivity contribution in [1.82, 2.24) is 15.1 Å². The van der Waals surface area contributed by atoms with E-state index in [1.54, 1.807) is 29.4 Å². The number of rotatable bonds is 6. The summed E-state index contributed by atoms with van der Waals surface area (Å²) in [5.74, 6) is 0. The lowest BCUT2D eigenvalue weighted by Gasteiger charge is -2.05. The Balaban J connectivity index is 2.25. The predicted octanol–water partition coefficient (Wildman–Crippen LogP) is 1.56. The highest BCUT2D eigenvalue weighted by Crippen LogP contribution is 2.23. The lowest BCUT2D eigenvalue weighted by Crippen LogP contribution is -2.13. The summed E-state index contributed by atoms with van der Waals surface area (Å²) in [6.07, 6.45) is 2.35. The smallest absolute Gasteiger partial charge is 0.262 e. The van der Waals surface area contributed by atoms with Crippen molar-refractivity contribution in [2.24, 2.45) is 7.05 Å². The van der Waals surface area contributed by atoms with E-state index < -0.39 is 10.0 Å². The fourth-order valence-corrected chi connectivity index (χ4v) is 4.21. The van der Waals surface area contributed by atoms with Crippen LogP contribution in [0, 0.1) is 0 Å². The molecule has 0 aromatic carbocycles. The molecule has 110 valence electrons. The molecule has 0 radical (unpaired) electrons. The quantitative estimate of drug-likeness (QED) is 0.848. The van der Waals surface area contributed by atoms with Gasteiger partial charge >= 0.3 is 0 Å². The third-order valence-electron chi connectivity index (χ3n) is 2.78. The van der Waals surface area contributed by atoms with Crippen LogP contribution in [0.4, 0.5) is 5.69 Å². The highest BCUT2D eigenvalue weighted by atomic mass is 32.2. The van der Waals surface area contributed by atoms with Gasteiger partial charge in [0.25, 0.3) is 10.0 Å². The predicted molar refractivity (Wildman–Crippen MR) is 80.5 cm³/mol. The molecule has 2 heterocycles. The van der Waals surface area contributed by atoms with Crippen LogP contribution >= 0.6 is 11.3 Å². The Bertz CT molecular complexity index is 688. The van der Waals surface area contributed by atoms with Gasteiger partial charge in [-0.3, -0.25) is 9.40 Å². The lowest BCUT2D eigenvalue weighted by atomic mass is 10.3. The van der Waals surface area contributed by atoms with Crippen molar-refractivity contribution in [3.8, 4) is 0 Å². The fraction of sp³-hybridized carbons (Fsp3) is 0.417. The van der Waals surface area contributed by atoms with E-state index in [0.717, 1.165) is 10.6 Å². The number of aromatic nitrogens is 2. The summed E-state index contributed by atoms with van der Waals surface area (Å²) < 4.78 is 28.9. The summed E-state index contributed by atoms with van der Waals surface area (Å²) in [6.45, 7) is 2.60. The molecule has 0 fully saturated rings. The molecule has 0 spiro atoms. The molecule has 0 atom stereocenters. The van der Waals surface area contributed by atoms with Crippen LogP contribution in [0.2, 0.25) is 0 Å². The monoisotopic (exact) mass is 314 g/mol. The summed E-state index contributed by atoms with van der Waals surface area (Å²) in [5.41, 5.74) is 1.28. The van der Waals surface area contributed by atoms with Gasteiger partial charge in [0, 0.05) is 30.0 Å². The Kier molecular flexibility index (Phi) is 4.46. The van der Waals surface area contributed by atoms with Gasteiger partial charge in [-0.1, -0.05) is 6.92 Å². The molecule has 0 bridgehead atoms. The van der Waals surface area contributed by atoms with Gasteiger partial charge in [-0.05, 0) is 19.5 Å². The number of aryl methyl sites for hydroxylation is 2. The SMILES string of the molecule is CCc1nn(C)cc1NS(=O)(=O)c1csc(CNC)c1. The molecule has 0 saturated carbocycles. The van der Waals surface area contributed by atoms with Crippen molar-refractivity contribution in [2.75, 3.05) is 11.8 Å². The van der Waals surface area contributed by atoms with Crippen LogP contribution in [0.3, 0.4) is 0 Å². The largest absolute Gasteiger partial charge is 0.315 e. The van der Waals surface area contributed by atoms with E-state index in [1.165, 1.54) is 11.3 Å². The maximum atomic E-state index is 12.3. The molecule has 20 heavy (non-hydrogen) atoms. The second-order valence-electron chi connectivity index (χ2n) is 4.40. The molecule has 0 aliphatic heterocycles. The number of thiophene rings is 1. The van der Waals surface area contributed by atoms with E-state index in [-0.39, 0.29) is 0 Å². The van der Waals surface area contributed by atoms with E-state index in [4.69, 9.17) is 0 Å². The van der Waals surface area contributed by atoms with E-state index in [2.05, 4.69) is 15.1 Å². The molecule has 2 N–H and O–H groups in total. The van der Waals surface area contributed by atoms with Gasteiger partial charge in [0.1, 0.15) is 0 Å². The van der Waals surface area contributed by atoms with E-state index >= 15 is 0 Å². The normalized spacial score (nSPS) is 11.8.